The van der Waals surface area contributed by atoms with E-state index in [-0.39, 0.29) is 11.3 Å². The Kier molecular flexibility index (Phi) is 3.75. The van der Waals surface area contributed by atoms with Crippen molar-refractivity contribution < 1.29 is 9.59 Å². The van der Waals surface area contributed by atoms with Gasteiger partial charge in [-0.1, -0.05) is 0 Å². The van der Waals surface area contributed by atoms with E-state index in [1.54, 1.807) is 0 Å². The summed E-state index contributed by atoms with van der Waals surface area (Å²) in [6.45, 7) is 2.52. The first-order valence-electron chi connectivity index (χ1n) is 6.60. The van der Waals surface area contributed by atoms with Crippen LogP contribution < -0.4 is 16.8 Å². The average Bonchev–Trinajstić information content (AvgIpc) is 3.17. The van der Waals surface area contributed by atoms with Gasteiger partial charge in [0.2, 0.25) is 5.91 Å². The molecule has 1 heterocycles. The number of urea groups is 1. The molecule has 1 unspecified atom stereocenters. The van der Waals surface area contributed by atoms with Crippen molar-refractivity contribution in [2.75, 3.05) is 26.2 Å². The lowest BCUT2D eigenvalue weighted by Crippen LogP contribution is -2.48. The molecule has 2 fully saturated rings. The minimum atomic E-state index is -0.501. The largest absolute Gasteiger partial charge is 0.352 e. The fourth-order valence-electron chi connectivity index (χ4n) is 2.65. The maximum absolute atomic E-state index is 12.3. The molecule has 1 aliphatic carbocycles. The number of amides is 3. The lowest BCUT2D eigenvalue weighted by atomic mass is 9.95. The highest BCUT2D eigenvalue weighted by atomic mass is 16.2. The molecule has 1 aliphatic heterocycles. The molecule has 102 valence electrons. The Morgan fingerprint density at radius 1 is 1.39 bits per heavy atom. The number of primary amides is 1. The Bertz CT molecular complexity index is 341. The SMILES string of the molecule is NCC1(C(=O)N2CCCC(CNC(N)=O)C2)CC1. The minimum Gasteiger partial charge on any atom is -0.352 e. The molecular weight excluding hydrogens is 232 g/mol. The van der Waals surface area contributed by atoms with Crippen molar-refractivity contribution in [1.29, 1.82) is 0 Å². The number of carbonyl (C=O) groups excluding carboxylic acids is 2. The fourth-order valence-corrected chi connectivity index (χ4v) is 2.65. The average molecular weight is 254 g/mol. The van der Waals surface area contributed by atoms with Crippen molar-refractivity contribution in [2.24, 2.45) is 22.8 Å². The van der Waals surface area contributed by atoms with Gasteiger partial charge >= 0.3 is 6.03 Å². The normalized spacial score (nSPS) is 25.6. The Balaban J connectivity index is 1.86. The smallest absolute Gasteiger partial charge is 0.312 e. The fraction of sp³-hybridized carbons (Fsp3) is 0.833. The van der Waals surface area contributed by atoms with Crippen LogP contribution in [0, 0.1) is 11.3 Å². The standard InChI is InChI=1S/C12H22N4O2/c13-8-12(3-4-12)10(17)16-5-1-2-9(7-16)6-15-11(14)18/h9H,1-8,13H2,(H3,14,15,18). The van der Waals surface area contributed by atoms with Crippen molar-refractivity contribution in [2.45, 2.75) is 25.7 Å². The van der Waals surface area contributed by atoms with Gasteiger partial charge in [0.1, 0.15) is 0 Å². The molecule has 18 heavy (non-hydrogen) atoms. The molecule has 0 radical (unpaired) electrons. The molecule has 6 nitrogen and oxygen atoms in total. The highest BCUT2D eigenvalue weighted by molar-refractivity contribution is 5.85. The minimum absolute atomic E-state index is 0.203. The molecule has 0 bridgehead atoms. The molecule has 0 spiro atoms. The maximum atomic E-state index is 12.3. The third-order valence-electron chi connectivity index (χ3n) is 4.07. The molecule has 2 rings (SSSR count). The highest BCUT2D eigenvalue weighted by Crippen LogP contribution is 2.46. The second-order valence-electron chi connectivity index (χ2n) is 5.49. The summed E-state index contributed by atoms with van der Waals surface area (Å²) in [5.74, 6) is 0.512. The van der Waals surface area contributed by atoms with Crippen LogP contribution in [0.5, 0.6) is 0 Å². The van der Waals surface area contributed by atoms with Gasteiger partial charge in [0.05, 0.1) is 5.41 Å². The summed E-state index contributed by atoms with van der Waals surface area (Å²) in [6, 6.07) is -0.501. The Morgan fingerprint density at radius 3 is 2.67 bits per heavy atom. The monoisotopic (exact) mass is 254 g/mol. The number of rotatable bonds is 4. The van der Waals surface area contributed by atoms with Gasteiger partial charge in [0.15, 0.2) is 0 Å². The molecule has 3 amide bonds. The molecule has 6 heteroatoms. The predicted octanol–water partition coefficient (Wildman–Crippen LogP) is -0.368. The summed E-state index contributed by atoms with van der Waals surface area (Å²) in [4.78, 5) is 24.9. The number of hydrogen-bond acceptors (Lipinski definition) is 3. The molecule has 1 saturated heterocycles. The van der Waals surface area contributed by atoms with Gasteiger partial charge in [-0.3, -0.25) is 4.79 Å². The van der Waals surface area contributed by atoms with Crippen LogP contribution in [0.2, 0.25) is 0 Å². The first-order chi connectivity index (χ1) is 8.57. The van der Waals surface area contributed by atoms with Gasteiger partial charge in [-0.2, -0.15) is 0 Å². The van der Waals surface area contributed by atoms with Crippen LogP contribution in [0.3, 0.4) is 0 Å². The van der Waals surface area contributed by atoms with Crippen LogP contribution in [0.15, 0.2) is 0 Å². The Hall–Kier alpha value is -1.30. The van der Waals surface area contributed by atoms with E-state index in [1.807, 2.05) is 4.90 Å². The molecule has 5 N–H and O–H groups in total. The topological polar surface area (TPSA) is 101 Å². The van der Waals surface area contributed by atoms with Gasteiger partial charge < -0.3 is 21.7 Å². The van der Waals surface area contributed by atoms with Crippen LogP contribution in [0.25, 0.3) is 0 Å². The number of piperidine rings is 1. The van der Waals surface area contributed by atoms with E-state index in [0.717, 1.165) is 32.2 Å². The number of nitrogens with zero attached hydrogens (tertiary/aromatic N) is 1. The summed E-state index contributed by atoms with van der Waals surface area (Å²) < 4.78 is 0. The quantitative estimate of drug-likeness (QED) is 0.638. The van der Waals surface area contributed by atoms with Crippen molar-refractivity contribution in [3.63, 3.8) is 0 Å². The van der Waals surface area contributed by atoms with Crippen molar-refractivity contribution >= 4 is 11.9 Å². The van der Waals surface area contributed by atoms with Crippen LogP contribution in [0.4, 0.5) is 4.79 Å². The summed E-state index contributed by atoms with van der Waals surface area (Å²) in [5.41, 5.74) is 10.5. The van der Waals surface area contributed by atoms with E-state index in [4.69, 9.17) is 11.5 Å². The third kappa shape index (κ3) is 2.75. The van der Waals surface area contributed by atoms with Gasteiger partial charge in [-0.25, -0.2) is 4.79 Å². The van der Waals surface area contributed by atoms with Crippen LogP contribution in [-0.4, -0.2) is 43.0 Å². The van der Waals surface area contributed by atoms with Gasteiger partial charge in [-0.15, -0.1) is 0 Å². The molecule has 1 saturated carbocycles. The van der Waals surface area contributed by atoms with Gasteiger partial charge in [0.25, 0.3) is 0 Å². The molecule has 0 aromatic heterocycles. The van der Waals surface area contributed by atoms with E-state index in [9.17, 15) is 9.59 Å². The second kappa shape index (κ2) is 5.14. The zero-order valence-corrected chi connectivity index (χ0v) is 10.7. The molecule has 2 aliphatic rings. The predicted molar refractivity (Wildman–Crippen MR) is 67.6 cm³/mol. The van der Waals surface area contributed by atoms with Crippen molar-refractivity contribution in [3.05, 3.63) is 0 Å². The summed E-state index contributed by atoms with van der Waals surface area (Å²) in [7, 11) is 0. The zero-order chi connectivity index (χ0) is 13.2. The first-order valence-corrected chi connectivity index (χ1v) is 6.60. The van der Waals surface area contributed by atoms with Crippen LogP contribution in [0.1, 0.15) is 25.7 Å². The van der Waals surface area contributed by atoms with Gasteiger partial charge in [-0.05, 0) is 31.6 Å². The van der Waals surface area contributed by atoms with Crippen molar-refractivity contribution in [3.8, 4) is 0 Å². The zero-order valence-electron chi connectivity index (χ0n) is 10.7. The van der Waals surface area contributed by atoms with E-state index in [2.05, 4.69) is 5.32 Å². The summed E-state index contributed by atoms with van der Waals surface area (Å²) in [5, 5.41) is 2.62. The maximum Gasteiger partial charge on any atom is 0.312 e. The van der Waals surface area contributed by atoms with Crippen LogP contribution in [-0.2, 0) is 4.79 Å². The van der Waals surface area contributed by atoms with E-state index in [1.165, 1.54) is 0 Å². The van der Waals surface area contributed by atoms with E-state index < -0.39 is 6.03 Å². The third-order valence-corrected chi connectivity index (χ3v) is 4.07. The number of nitrogens with one attached hydrogen (secondary N) is 1. The number of likely N-dealkylation sites (tertiary alicyclic amines) is 1. The van der Waals surface area contributed by atoms with Crippen molar-refractivity contribution in [1.82, 2.24) is 10.2 Å². The first kappa shape index (κ1) is 13.1. The summed E-state index contributed by atoms with van der Waals surface area (Å²) >= 11 is 0. The summed E-state index contributed by atoms with van der Waals surface area (Å²) in [6.07, 6.45) is 3.85. The molecule has 0 aromatic carbocycles. The Morgan fingerprint density at radius 2 is 2.11 bits per heavy atom. The number of carbonyl (C=O) groups is 2. The lowest BCUT2D eigenvalue weighted by molar-refractivity contribution is -0.138. The molecule has 0 aromatic rings. The van der Waals surface area contributed by atoms with E-state index >= 15 is 0 Å². The second-order valence-corrected chi connectivity index (χ2v) is 5.49. The van der Waals surface area contributed by atoms with E-state index in [0.29, 0.717) is 25.6 Å². The number of nitrogens with two attached hydrogens (primary N) is 2. The van der Waals surface area contributed by atoms with Crippen LogP contribution >= 0.6 is 0 Å². The molecular formula is C12H22N4O2. The molecule has 1 atom stereocenters. The highest BCUT2D eigenvalue weighted by Gasteiger charge is 2.50. The lowest BCUT2D eigenvalue weighted by Gasteiger charge is -2.35. The number of hydrogen-bond donors (Lipinski definition) is 3. The van der Waals surface area contributed by atoms with Gasteiger partial charge in [0, 0.05) is 26.2 Å². The Labute approximate surface area is 107 Å².